The number of carbonyl (C=O) groups is 1. The molecular weight excluding hydrogens is 278 g/mol. The van der Waals surface area contributed by atoms with Crippen LogP contribution in [0, 0.1) is 13.8 Å². The lowest BCUT2D eigenvalue weighted by Gasteiger charge is -2.22. The lowest BCUT2D eigenvalue weighted by atomic mass is 9.86. The molecule has 0 atom stereocenters. The fourth-order valence-electron chi connectivity index (χ4n) is 3.45. The Hall–Kier alpha value is -2.17. The summed E-state index contributed by atoms with van der Waals surface area (Å²) in [5.74, 6) is -0.758. The molecule has 0 saturated heterocycles. The van der Waals surface area contributed by atoms with Crippen LogP contribution in [0.2, 0.25) is 0 Å². The predicted molar refractivity (Wildman–Crippen MR) is 83.6 cm³/mol. The highest BCUT2D eigenvalue weighted by molar-refractivity contribution is 5.86. The van der Waals surface area contributed by atoms with Gasteiger partial charge in [-0.25, -0.2) is 9.48 Å². The zero-order valence-electron chi connectivity index (χ0n) is 13.0. The minimum Gasteiger partial charge on any atom is -0.476 e. The van der Waals surface area contributed by atoms with Crippen molar-refractivity contribution in [1.29, 1.82) is 0 Å². The van der Waals surface area contributed by atoms with E-state index in [1.807, 2.05) is 26.0 Å². The summed E-state index contributed by atoms with van der Waals surface area (Å²) < 4.78 is 1.74. The summed E-state index contributed by atoms with van der Waals surface area (Å²) in [5.41, 5.74) is 4.04. The van der Waals surface area contributed by atoms with Crippen molar-refractivity contribution in [2.24, 2.45) is 0 Å². The van der Waals surface area contributed by atoms with Crippen molar-refractivity contribution < 1.29 is 9.90 Å². The maximum Gasteiger partial charge on any atom is 0.358 e. The molecule has 0 aliphatic heterocycles. The maximum atomic E-state index is 11.5. The summed E-state index contributed by atoms with van der Waals surface area (Å²) in [6.07, 6.45) is 5.53. The molecule has 116 valence electrons. The first-order valence-corrected chi connectivity index (χ1v) is 7.84. The minimum absolute atomic E-state index is 0.103. The Balaban J connectivity index is 2.12. The predicted octanol–water partition coefficient (Wildman–Crippen LogP) is 3.63. The van der Waals surface area contributed by atoms with Crippen LogP contribution in [-0.2, 0) is 0 Å². The van der Waals surface area contributed by atoms with Gasteiger partial charge in [-0.1, -0.05) is 30.5 Å². The van der Waals surface area contributed by atoms with E-state index in [1.54, 1.807) is 4.68 Å². The van der Waals surface area contributed by atoms with Crippen LogP contribution in [0.5, 0.6) is 0 Å². The number of hydrogen-bond acceptors (Lipinski definition) is 3. The zero-order chi connectivity index (χ0) is 15.7. The van der Waals surface area contributed by atoms with E-state index in [-0.39, 0.29) is 11.6 Å². The van der Waals surface area contributed by atoms with E-state index in [1.165, 1.54) is 6.42 Å². The molecule has 0 amide bonds. The van der Waals surface area contributed by atoms with Gasteiger partial charge in [-0.15, -0.1) is 5.10 Å². The monoisotopic (exact) mass is 299 g/mol. The SMILES string of the molecule is Cc1cc(C)cc(-n2nnc(C(=O)O)c2C2CCCCC2)c1. The Morgan fingerprint density at radius 2 is 1.77 bits per heavy atom. The van der Waals surface area contributed by atoms with E-state index >= 15 is 0 Å². The van der Waals surface area contributed by atoms with Crippen LogP contribution >= 0.6 is 0 Å². The first kappa shape index (κ1) is 14.8. The third-order valence-corrected chi connectivity index (χ3v) is 4.35. The van der Waals surface area contributed by atoms with E-state index in [4.69, 9.17) is 0 Å². The van der Waals surface area contributed by atoms with Crippen LogP contribution in [0.1, 0.15) is 65.3 Å². The Labute approximate surface area is 130 Å². The average Bonchev–Trinajstić information content (AvgIpc) is 2.92. The average molecular weight is 299 g/mol. The van der Waals surface area contributed by atoms with Crippen LogP contribution in [0.3, 0.4) is 0 Å². The maximum absolute atomic E-state index is 11.5. The molecule has 1 heterocycles. The highest BCUT2D eigenvalue weighted by atomic mass is 16.4. The topological polar surface area (TPSA) is 68.0 Å². The van der Waals surface area contributed by atoms with Crippen molar-refractivity contribution in [2.75, 3.05) is 0 Å². The van der Waals surface area contributed by atoms with Crippen LogP contribution in [0.25, 0.3) is 5.69 Å². The summed E-state index contributed by atoms with van der Waals surface area (Å²) in [5, 5.41) is 17.5. The van der Waals surface area contributed by atoms with E-state index in [2.05, 4.69) is 16.4 Å². The zero-order valence-corrected chi connectivity index (χ0v) is 13.0. The van der Waals surface area contributed by atoms with Crippen LogP contribution in [-0.4, -0.2) is 26.1 Å². The first-order valence-electron chi connectivity index (χ1n) is 7.84. The molecule has 5 nitrogen and oxygen atoms in total. The summed E-state index contributed by atoms with van der Waals surface area (Å²) in [6, 6.07) is 6.15. The first-order chi connectivity index (χ1) is 10.6. The van der Waals surface area contributed by atoms with E-state index < -0.39 is 5.97 Å². The summed E-state index contributed by atoms with van der Waals surface area (Å²) >= 11 is 0. The number of hydrogen-bond donors (Lipinski definition) is 1. The molecule has 0 radical (unpaired) electrons. The van der Waals surface area contributed by atoms with E-state index in [0.717, 1.165) is 48.2 Å². The Morgan fingerprint density at radius 1 is 1.14 bits per heavy atom. The van der Waals surface area contributed by atoms with Gasteiger partial charge in [0, 0.05) is 5.92 Å². The molecule has 0 spiro atoms. The Kier molecular flexibility index (Phi) is 3.96. The van der Waals surface area contributed by atoms with Gasteiger partial charge in [-0.2, -0.15) is 0 Å². The van der Waals surface area contributed by atoms with Crippen LogP contribution in [0.4, 0.5) is 0 Å². The minimum atomic E-state index is -0.990. The fraction of sp³-hybridized carbons (Fsp3) is 0.471. The number of aromatic nitrogens is 3. The fourth-order valence-corrected chi connectivity index (χ4v) is 3.45. The largest absolute Gasteiger partial charge is 0.476 e. The van der Waals surface area contributed by atoms with Gasteiger partial charge in [0.05, 0.1) is 11.4 Å². The number of aryl methyl sites for hydroxylation is 2. The molecule has 1 saturated carbocycles. The number of aromatic carboxylic acids is 1. The molecule has 3 rings (SSSR count). The van der Waals surface area contributed by atoms with Gasteiger partial charge in [0.1, 0.15) is 0 Å². The van der Waals surface area contributed by atoms with Gasteiger partial charge >= 0.3 is 5.97 Å². The highest BCUT2D eigenvalue weighted by Crippen LogP contribution is 2.35. The smallest absolute Gasteiger partial charge is 0.358 e. The van der Waals surface area contributed by atoms with Crippen molar-refractivity contribution in [2.45, 2.75) is 51.9 Å². The normalized spacial score (nSPS) is 15.9. The molecule has 0 unspecified atom stereocenters. The highest BCUT2D eigenvalue weighted by Gasteiger charge is 2.28. The lowest BCUT2D eigenvalue weighted by Crippen LogP contribution is -2.14. The number of rotatable bonds is 3. The molecule has 1 aliphatic carbocycles. The van der Waals surface area contributed by atoms with Crippen LogP contribution < -0.4 is 0 Å². The van der Waals surface area contributed by atoms with Gasteiger partial charge in [-0.3, -0.25) is 0 Å². The second-order valence-corrected chi connectivity index (χ2v) is 6.22. The lowest BCUT2D eigenvalue weighted by molar-refractivity contribution is 0.0688. The van der Waals surface area contributed by atoms with Gasteiger partial charge in [0.15, 0.2) is 5.69 Å². The summed E-state index contributed by atoms with van der Waals surface area (Å²) in [6.45, 7) is 4.07. The van der Waals surface area contributed by atoms with Gasteiger partial charge < -0.3 is 5.11 Å². The number of nitrogens with zero attached hydrogens (tertiary/aromatic N) is 3. The quantitative estimate of drug-likeness (QED) is 0.939. The standard InChI is InChI=1S/C17H21N3O2/c1-11-8-12(2)10-14(9-11)20-16(13-6-4-3-5-7-13)15(17(21)22)18-19-20/h8-10,13H,3-7H2,1-2H3,(H,21,22). The number of carboxylic acid groups (broad SMARTS) is 1. The van der Waals surface area contributed by atoms with E-state index in [0.29, 0.717) is 0 Å². The molecule has 1 aliphatic rings. The molecule has 5 heteroatoms. The number of carboxylic acids is 1. The van der Waals surface area contributed by atoms with Crippen molar-refractivity contribution in [1.82, 2.24) is 15.0 Å². The third kappa shape index (κ3) is 2.75. The second kappa shape index (κ2) is 5.91. The molecular formula is C17H21N3O2. The molecule has 0 bridgehead atoms. The molecule has 22 heavy (non-hydrogen) atoms. The Bertz CT molecular complexity index is 680. The van der Waals surface area contributed by atoms with Crippen molar-refractivity contribution in [3.05, 3.63) is 40.7 Å². The van der Waals surface area contributed by atoms with E-state index in [9.17, 15) is 9.90 Å². The molecule has 1 aromatic carbocycles. The summed E-state index contributed by atoms with van der Waals surface area (Å²) in [4.78, 5) is 11.5. The summed E-state index contributed by atoms with van der Waals surface area (Å²) in [7, 11) is 0. The number of benzene rings is 1. The van der Waals surface area contributed by atoms with Gasteiger partial charge in [-0.05, 0) is 49.9 Å². The molecule has 1 fully saturated rings. The molecule has 1 aromatic heterocycles. The third-order valence-electron chi connectivity index (χ3n) is 4.35. The Morgan fingerprint density at radius 3 is 2.36 bits per heavy atom. The van der Waals surface area contributed by atoms with Gasteiger partial charge in [0.25, 0.3) is 0 Å². The van der Waals surface area contributed by atoms with Crippen molar-refractivity contribution >= 4 is 5.97 Å². The second-order valence-electron chi connectivity index (χ2n) is 6.22. The molecule has 1 N–H and O–H groups in total. The molecule has 2 aromatic rings. The van der Waals surface area contributed by atoms with Gasteiger partial charge in [0.2, 0.25) is 0 Å². The van der Waals surface area contributed by atoms with Crippen molar-refractivity contribution in [3.63, 3.8) is 0 Å². The van der Waals surface area contributed by atoms with Crippen LogP contribution in [0.15, 0.2) is 18.2 Å². The van der Waals surface area contributed by atoms with Crippen molar-refractivity contribution in [3.8, 4) is 5.69 Å².